The molecule has 6 nitrogen and oxygen atoms in total. The third-order valence-electron chi connectivity index (χ3n) is 3.90. The summed E-state index contributed by atoms with van der Waals surface area (Å²) in [5, 5.41) is 17.7. The third kappa shape index (κ3) is 4.23. The zero-order valence-electron chi connectivity index (χ0n) is 14.1. The lowest BCUT2D eigenvalue weighted by Crippen LogP contribution is -2.01. The molecule has 0 saturated heterocycles. The largest absolute Gasteiger partial charge is 0.513 e. The molecular weight excluding hydrogens is 336 g/mol. The Hall–Kier alpha value is -3.25. The van der Waals surface area contributed by atoms with E-state index in [9.17, 15) is 4.79 Å². The molecule has 26 heavy (non-hydrogen) atoms. The first-order chi connectivity index (χ1) is 12.5. The van der Waals surface area contributed by atoms with Gasteiger partial charge in [-0.05, 0) is 35.7 Å². The van der Waals surface area contributed by atoms with Gasteiger partial charge >= 0.3 is 6.16 Å². The van der Waals surface area contributed by atoms with Gasteiger partial charge in [-0.1, -0.05) is 36.4 Å². The Morgan fingerprint density at radius 2 is 1.65 bits per heavy atom. The number of hydrogen-bond donors (Lipinski definition) is 2. The van der Waals surface area contributed by atoms with Crippen LogP contribution in [-0.4, -0.2) is 16.4 Å². The van der Waals surface area contributed by atoms with Gasteiger partial charge in [-0.2, -0.15) is 0 Å². The molecule has 0 bridgehead atoms. The van der Waals surface area contributed by atoms with Crippen LogP contribution >= 0.6 is 0 Å². The van der Waals surface area contributed by atoms with Gasteiger partial charge in [0.2, 0.25) is 0 Å². The van der Waals surface area contributed by atoms with Gasteiger partial charge in [0.15, 0.2) is 0 Å². The minimum Gasteiger partial charge on any atom is -0.489 e. The first kappa shape index (κ1) is 17.6. The number of ether oxygens (including phenoxy) is 2. The lowest BCUT2D eigenvalue weighted by Gasteiger charge is -2.07. The number of aliphatic hydroxyl groups is 1. The second-order valence-corrected chi connectivity index (χ2v) is 5.68. The van der Waals surface area contributed by atoms with Crippen molar-refractivity contribution in [2.45, 2.75) is 20.1 Å². The fourth-order valence-electron chi connectivity index (χ4n) is 2.48. The Morgan fingerprint density at radius 1 is 1.04 bits per heavy atom. The van der Waals surface area contributed by atoms with Crippen LogP contribution in [0.5, 0.6) is 11.7 Å². The summed E-state index contributed by atoms with van der Waals surface area (Å²) in [5.74, 6) is 1.15. The van der Waals surface area contributed by atoms with Crippen LogP contribution in [0.4, 0.5) is 4.79 Å². The predicted molar refractivity (Wildman–Crippen MR) is 94.2 cm³/mol. The number of rotatable bonds is 6. The minimum absolute atomic E-state index is 0.0275. The molecule has 6 heteroatoms. The molecule has 134 valence electrons. The van der Waals surface area contributed by atoms with Crippen LogP contribution in [0.15, 0.2) is 59.0 Å². The van der Waals surface area contributed by atoms with E-state index >= 15 is 0 Å². The molecule has 0 aliphatic carbocycles. The fourth-order valence-corrected chi connectivity index (χ4v) is 2.48. The SMILES string of the molecule is Cc1oc(OC(=O)O)cc1COc1ccc(-c2ccc(CO)cc2)cc1. The molecule has 0 spiro atoms. The first-order valence-corrected chi connectivity index (χ1v) is 7.98. The maximum Gasteiger partial charge on any atom is 0.513 e. The number of carboxylic acid groups (broad SMARTS) is 1. The summed E-state index contributed by atoms with van der Waals surface area (Å²) >= 11 is 0. The second-order valence-electron chi connectivity index (χ2n) is 5.68. The average molecular weight is 354 g/mol. The molecule has 2 N–H and O–H groups in total. The van der Waals surface area contributed by atoms with E-state index in [-0.39, 0.29) is 19.2 Å². The van der Waals surface area contributed by atoms with Crippen molar-refractivity contribution >= 4 is 6.16 Å². The summed E-state index contributed by atoms with van der Waals surface area (Å²) in [6, 6.07) is 16.8. The number of aryl methyl sites for hydroxylation is 1. The summed E-state index contributed by atoms with van der Waals surface area (Å²) in [4.78, 5) is 10.5. The summed E-state index contributed by atoms with van der Waals surface area (Å²) in [7, 11) is 0. The van der Waals surface area contributed by atoms with Crippen LogP contribution in [0, 0.1) is 6.92 Å². The quantitative estimate of drug-likeness (QED) is 0.639. The maximum absolute atomic E-state index is 10.5. The first-order valence-electron chi connectivity index (χ1n) is 7.98. The zero-order chi connectivity index (χ0) is 18.5. The number of aliphatic hydroxyl groups excluding tert-OH is 1. The highest BCUT2D eigenvalue weighted by atomic mass is 16.7. The van der Waals surface area contributed by atoms with Gasteiger partial charge in [0.05, 0.1) is 6.61 Å². The normalized spacial score (nSPS) is 10.5. The van der Waals surface area contributed by atoms with Crippen LogP contribution in [0.3, 0.4) is 0 Å². The van der Waals surface area contributed by atoms with Crippen molar-refractivity contribution in [2.24, 2.45) is 0 Å². The van der Waals surface area contributed by atoms with Gasteiger partial charge in [-0.3, -0.25) is 0 Å². The van der Waals surface area contributed by atoms with Crippen LogP contribution < -0.4 is 9.47 Å². The minimum atomic E-state index is -1.42. The molecule has 0 radical (unpaired) electrons. The van der Waals surface area contributed by atoms with Gasteiger partial charge < -0.3 is 24.1 Å². The van der Waals surface area contributed by atoms with E-state index in [0.29, 0.717) is 17.1 Å². The Morgan fingerprint density at radius 3 is 2.23 bits per heavy atom. The van der Waals surface area contributed by atoms with E-state index in [2.05, 4.69) is 4.74 Å². The van der Waals surface area contributed by atoms with Crippen molar-refractivity contribution in [3.8, 4) is 22.8 Å². The molecule has 0 aliphatic rings. The Kier molecular flexibility index (Phi) is 5.24. The fraction of sp³-hybridized carbons (Fsp3) is 0.150. The number of benzene rings is 2. The number of carbonyl (C=O) groups is 1. The Balaban J connectivity index is 1.64. The molecule has 0 unspecified atom stereocenters. The van der Waals surface area contributed by atoms with Crippen molar-refractivity contribution in [3.63, 3.8) is 0 Å². The van der Waals surface area contributed by atoms with Crippen molar-refractivity contribution < 1.29 is 28.9 Å². The van der Waals surface area contributed by atoms with Crippen molar-refractivity contribution in [1.82, 2.24) is 0 Å². The summed E-state index contributed by atoms with van der Waals surface area (Å²) < 4.78 is 15.4. The molecule has 3 rings (SSSR count). The van der Waals surface area contributed by atoms with Gasteiger partial charge in [-0.15, -0.1) is 0 Å². The summed E-state index contributed by atoms with van der Waals surface area (Å²) in [6.45, 7) is 1.98. The predicted octanol–water partition coefficient (Wildman–Crippen LogP) is 4.38. The van der Waals surface area contributed by atoms with Gasteiger partial charge in [0.1, 0.15) is 18.1 Å². The van der Waals surface area contributed by atoms with Gasteiger partial charge in [0.25, 0.3) is 5.95 Å². The molecule has 1 heterocycles. The lowest BCUT2D eigenvalue weighted by molar-refractivity contribution is 0.132. The molecule has 0 aliphatic heterocycles. The monoisotopic (exact) mass is 354 g/mol. The summed E-state index contributed by atoms with van der Waals surface area (Å²) in [6.07, 6.45) is -1.42. The van der Waals surface area contributed by atoms with E-state index in [1.807, 2.05) is 48.5 Å². The van der Waals surface area contributed by atoms with Crippen LogP contribution in [0.2, 0.25) is 0 Å². The average Bonchev–Trinajstić information content (AvgIpc) is 2.99. The van der Waals surface area contributed by atoms with Crippen molar-refractivity contribution in [1.29, 1.82) is 0 Å². The molecule has 0 fully saturated rings. The molecule has 2 aromatic carbocycles. The smallest absolute Gasteiger partial charge is 0.489 e. The van der Waals surface area contributed by atoms with Crippen molar-refractivity contribution in [2.75, 3.05) is 0 Å². The van der Waals surface area contributed by atoms with E-state index < -0.39 is 6.16 Å². The summed E-state index contributed by atoms with van der Waals surface area (Å²) in [5.41, 5.74) is 3.67. The van der Waals surface area contributed by atoms with Crippen molar-refractivity contribution in [3.05, 3.63) is 71.5 Å². The number of furan rings is 1. The molecule has 0 atom stereocenters. The van der Waals surface area contributed by atoms with Gasteiger partial charge in [-0.25, -0.2) is 4.79 Å². The van der Waals surface area contributed by atoms with E-state index in [1.54, 1.807) is 6.92 Å². The van der Waals surface area contributed by atoms with E-state index in [4.69, 9.17) is 19.4 Å². The molecule has 3 aromatic rings. The third-order valence-corrected chi connectivity index (χ3v) is 3.90. The van der Waals surface area contributed by atoms with E-state index in [1.165, 1.54) is 6.07 Å². The molecular formula is C20H18O6. The standard InChI is InChI=1S/C20H18O6/c1-13-17(10-19(25-13)26-20(22)23)12-24-18-8-6-16(7-9-18)15-4-2-14(11-21)3-5-15/h2-10,21H,11-12H2,1H3,(H,22,23). The highest BCUT2D eigenvalue weighted by Crippen LogP contribution is 2.25. The lowest BCUT2D eigenvalue weighted by atomic mass is 10.0. The van der Waals surface area contributed by atoms with Crippen LogP contribution in [-0.2, 0) is 13.2 Å². The Labute approximate surface area is 150 Å². The molecule has 1 aromatic heterocycles. The van der Waals surface area contributed by atoms with Gasteiger partial charge in [0, 0.05) is 11.6 Å². The number of hydrogen-bond acceptors (Lipinski definition) is 5. The van der Waals surface area contributed by atoms with Crippen LogP contribution in [0.25, 0.3) is 11.1 Å². The zero-order valence-corrected chi connectivity index (χ0v) is 14.1. The molecule has 0 amide bonds. The van der Waals surface area contributed by atoms with Crippen LogP contribution in [0.1, 0.15) is 16.9 Å². The second kappa shape index (κ2) is 7.76. The van der Waals surface area contributed by atoms with E-state index in [0.717, 1.165) is 16.7 Å². The Bertz CT molecular complexity index is 878. The molecule has 0 saturated carbocycles. The maximum atomic E-state index is 10.5. The topological polar surface area (TPSA) is 89.1 Å². The highest BCUT2D eigenvalue weighted by Gasteiger charge is 2.12. The highest BCUT2D eigenvalue weighted by molar-refractivity contribution is 5.64.